The minimum absolute atomic E-state index is 0.164. The third kappa shape index (κ3) is 5.77. The van der Waals surface area contributed by atoms with Gasteiger partial charge in [0.15, 0.2) is 0 Å². The van der Waals surface area contributed by atoms with Crippen molar-refractivity contribution in [3.63, 3.8) is 0 Å². The summed E-state index contributed by atoms with van der Waals surface area (Å²) in [5.41, 5.74) is 1.43. The summed E-state index contributed by atoms with van der Waals surface area (Å²) < 4.78 is 32.3. The van der Waals surface area contributed by atoms with Crippen molar-refractivity contribution in [1.29, 1.82) is 0 Å². The van der Waals surface area contributed by atoms with Crippen LogP contribution >= 0.6 is 22.6 Å². The van der Waals surface area contributed by atoms with Gasteiger partial charge in [0.05, 0.1) is 17.1 Å². The van der Waals surface area contributed by atoms with Crippen molar-refractivity contribution in [3.8, 4) is 0 Å². The number of methoxy groups -OCH3 is 1. The first kappa shape index (κ1) is 19.8. The molecule has 0 aliphatic carbocycles. The Bertz CT molecular complexity index is 823. The fraction of sp³-hybridized carbons (Fsp3) is 0.235. The second kappa shape index (κ2) is 9.27. The maximum atomic E-state index is 12.2. The average molecular weight is 474 g/mol. The number of amides is 1. The van der Waals surface area contributed by atoms with Crippen molar-refractivity contribution >= 4 is 38.5 Å². The van der Waals surface area contributed by atoms with Gasteiger partial charge in [-0.3, -0.25) is 4.79 Å². The number of hydrogen-bond donors (Lipinski definition) is 2. The molecule has 6 nitrogen and oxygen atoms in total. The Morgan fingerprint density at radius 3 is 2.44 bits per heavy atom. The Morgan fingerprint density at radius 1 is 1.12 bits per heavy atom. The lowest BCUT2D eigenvalue weighted by molar-refractivity contribution is 0.0950. The molecule has 0 aromatic heterocycles. The molecule has 0 bridgehead atoms. The minimum Gasteiger partial charge on any atom is -0.383 e. The van der Waals surface area contributed by atoms with Gasteiger partial charge in [0.25, 0.3) is 5.91 Å². The van der Waals surface area contributed by atoms with Crippen molar-refractivity contribution in [2.45, 2.75) is 11.4 Å². The summed E-state index contributed by atoms with van der Waals surface area (Å²) in [6.45, 7) is 0.842. The van der Waals surface area contributed by atoms with E-state index in [1.54, 1.807) is 18.2 Å². The van der Waals surface area contributed by atoms with Crippen LogP contribution in [0.5, 0.6) is 0 Å². The number of benzene rings is 2. The standard InChI is InChI=1S/C17H19IN2O4S/c1-24-11-10-20-25(22,23)14-8-6-13(7-9-14)12-19-17(21)15-4-2-3-5-16(15)18/h2-9,20H,10-12H2,1H3,(H,19,21). The third-order valence-corrected chi connectivity index (χ3v) is 5.82. The number of hydrogen-bond acceptors (Lipinski definition) is 4. The van der Waals surface area contributed by atoms with Crippen LogP contribution in [-0.2, 0) is 21.3 Å². The van der Waals surface area contributed by atoms with E-state index in [4.69, 9.17) is 4.74 Å². The van der Waals surface area contributed by atoms with Crippen LogP contribution in [0.1, 0.15) is 15.9 Å². The fourth-order valence-electron chi connectivity index (χ4n) is 2.07. The molecule has 2 N–H and O–H groups in total. The number of nitrogens with one attached hydrogen (secondary N) is 2. The highest BCUT2D eigenvalue weighted by Gasteiger charge is 2.13. The summed E-state index contributed by atoms with van der Waals surface area (Å²) in [6, 6.07) is 13.7. The summed E-state index contributed by atoms with van der Waals surface area (Å²) in [5.74, 6) is -0.164. The molecule has 2 rings (SSSR count). The highest BCUT2D eigenvalue weighted by atomic mass is 127. The summed E-state index contributed by atoms with van der Waals surface area (Å²) >= 11 is 2.11. The predicted octanol–water partition coefficient (Wildman–Crippen LogP) is 2.15. The number of carbonyl (C=O) groups excluding carboxylic acids is 1. The summed E-state index contributed by atoms with van der Waals surface area (Å²) in [6.07, 6.45) is 0. The first-order valence-corrected chi connectivity index (χ1v) is 10.1. The molecule has 0 spiro atoms. The van der Waals surface area contributed by atoms with Gasteiger partial charge < -0.3 is 10.1 Å². The number of halogens is 1. The maximum Gasteiger partial charge on any atom is 0.252 e. The number of carbonyl (C=O) groups is 1. The molecule has 0 aliphatic heterocycles. The van der Waals surface area contributed by atoms with Crippen LogP contribution in [0.15, 0.2) is 53.4 Å². The van der Waals surface area contributed by atoms with Gasteiger partial charge in [-0.1, -0.05) is 24.3 Å². The highest BCUT2D eigenvalue weighted by Crippen LogP contribution is 2.13. The first-order valence-electron chi connectivity index (χ1n) is 7.54. The van der Waals surface area contributed by atoms with Crippen LogP contribution in [-0.4, -0.2) is 34.6 Å². The third-order valence-electron chi connectivity index (χ3n) is 3.40. The molecule has 0 saturated heterocycles. The molecular weight excluding hydrogens is 455 g/mol. The van der Waals surface area contributed by atoms with Crippen LogP contribution in [0.3, 0.4) is 0 Å². The van der Waals surface area contributed by atoms with E-state index in [2.05, 4.69) is 32.6 Å². The van der Waals surface area contributed by atoms with Crippen LogP contribution < -0.4 is 10.0 Å². The Kier molecular flexibility index (Phi) is 7.36. The van der Waals surface area contributed by atoms with Crippen molar-refractivity contribution in [1.82, 2.24) is 10.0 Å². The van der Waals surface area contributed by atoms with Crippen molar-refractivity contribution in [2.24, 2.45) is 0 Å². The lowest BCUT2D eigenvalue weighted by Gasteiger charge is -2.09. The average Bonchev–Trinajstić information content (AvgIpc) is 2.60. The zero-order valence-electron chi connectivity index (χ0n) is 13.7. The van der Waals surface area contributed by atoms with Crippen molar-refractivity contribution in [2.75, 3.05) is 20.3 Å². The van der Waals surface area contributed by atoms with Crippen molar-refractivity contribution in [3.05, 3.63) is 63.2 Å². The van der Waals surface area contributed by atoms with Gasteiger partial charge >= 0.3 is 0 Å². The van der Waals surface area contributed by atoms with E-state index in [1.165, 1.54) is 19.2 Å². The molecule has 0 atom stereocenters. The van der Waals surface area contributed by atoms with E-state index < -0.39 is 10.0 Å². The Balaban J connectivity index is 1.96. The second-order valence-corrected chi connectivity index (χ2v) is 8.13. The SMILES string of the molecule is COCCNS(=O)(=O)c1ccc(CNC(=O)c2ccccc2I)cc1. The van der Waals surface area contributed by atoms with Crippen LogP contribution in [0.2, 0.25) is 0 Å². The van der Waals surface area contributed by atoms with E-state index in [9.17, 15) is 13.2 Å². The van der Waals surface area contributed by atoms with Gasteiger partial charge in [-0.2, -0.15) is 0 Å². The van der Waals surface area contributed by atoms with Gasteiger partial charge in [0.1, 0.15) is 0 Å². The predicted molar refractivity (Wildman–Crippen MR) is 104 cm³/mol. The molecule has 8 heteroatoms. The quantitative estimate of drug-likeness (QED) is 0.454. The number of sulfonamides is 1. The molecular formula is C17H19IN2O4S. The first-order chi connectivity index (χ1) is 11.9. The van der Waals surface area contributed by atoms with E-state index in [-0.39, 0.29) is 17.3 Å². The topological polar surface area (TPSA) is 84.5 Å². The van der Waals surface area contributed by atoms with Crippen LogP contribution in [0, 0.1) is 3.57 Å². The molecule has 134 valence electrons. The number of rotatable bonds is 8. The Morgan fingerprint density at radius 2 is 1.80 bits per heavy atom. The van der Waals surface area contributed by atoms with Gasteiger partial charge in [0.2, 0.25) is 10.0 Å². The van der Waals surface area contributed by atoms with E-state index >= 15 is 0 Å². The van der Waals surface area contributed by atoms with Crippen molar-refractivity contribution < 1.29 is 17.9 Å². The molecule has 0 aliphatic rings. The Labute approximate surface area is 161 Å². The molecule has 0 unspecified atom stereocenters. The normalized spacial score (nSPS) is 11.3. The van der Waals surface area contributed by atoms with Gasteiger partial charge in [-0.25, -0.2) is 13.1 Å². The second-order valence-electron chi connectivity index (χ2n) is 5.20. The monoisotopic (exact) mass is 474 g/mol. The molecule has 0 heterocycles. The van der Waals surface area contributed by atoms with Crippen LogP contribution in [0.4, 0.5) is 0 Å². The molecule has 0 radical (unpaired) electrons. The fourth-order valence-corrected chi connectivity index (χ4v) is 3.72. The maximum absolute atomic E-state index is 12.2. The van der Waals surface area contributed by atoms with E-state index in [0.717, 1.165) is 9.13 Å². The summed E-state index contributed by atoms with van der Waals surface area (Å²) in [7, 11) is -2.04. The molecule has 2 aromatic carbocycles. The molecule has 0 saturated carbocycles. The largest absolute Gasteiger partial charge is 0.383 e. The zero-order chi connectivity index (χ0) is 18.3. The smallest absolute Gasteiger partial charge is 0.252 e. The van der Waals surface area contributed by atoms with Gasteiger partial charge in [-0.05, 0) is 52.4 Å². The molecule has 25 heavy (non-hydrogen) atoms. The van der Waals surface area contributed by atoms with Gasteiger partial charge in [-0.15, -0.1) is 0 Å². The Hall–Kier alpha value is -1.49. The zero-order valence-corrected chi connectivity index (χ0v) is 16.6. The molecule has 2 aromatic rings. The summed E-state index contributed by atoms with van der Waals surface area (Å²) in [4.78, 5) is 12.4. The minimum atomic E-state index is -3.55. The highest BCUT2D eigenvalue weighted by molar-refractivity contribution is 14.1. The summed E-state index contributed by atoms with van der Waals surface area (Å²) in [5, 5.41) is 2.83. The lowest BCUT2D eigenvalue weighted by Crippen LogP contribution is -2.27. The van der Waals surface area contributed by atoms with Crippen LogP contribution in [0.25, 0.3) is 0 Å². The number of ether oxygens (including phenoxy) is 1. The lowest BCUT2D eigenvalue weighted by atomic mass is 10.2. The van der Waals surface area contributed by atoms with E-state index in [1.807, 2.05) is 18.2 Å². The van der Waals surface area contributed by atoms with Gasteiger partial charge in [0, 0.05) is 23.8 Å². The van der Waals surface area contributed by atoms with E-state index in [0.29, 0.717) is 18.7 Å². The molecule has 1 amide bonds. The molecule has 0 fully saturated rings.